The van der Waals surface area contributed by atoms with Crippen LogP contribution < -0.4 is 0 Å². The lowest BCUT2D eigenvalue weighted by molar-refractivity contribution is 0.0705. The number of nitrogens with zero attached hydrogens (tertiary/aromatic N) is 4. The minimum absolute atomic E-state index is 0.0686. The topological polar surface area (TPSA) is 64.2 Å². The number of aryl methyl sites for hydroxylation is 2. The molecule has 1 aliphatic rings. The Hall–Kier alpha value is -2.63. The zero-order valence-electron chi connectivity index (χ0n) is 13.2. The number of hydrogen-bond acceptors (Lipinski definition) is 4. The first-order chi connectivity index (χ1) is 11.1. The molecule has 4 rings (SSSR count). The number of amides is 1. The average molecular weight is 310 g/mol. The summed E-state index contributed by atoms with van der Waals surface area (Å²) in [4.78, 5) is 19.2. The van der Waals surface area contributed by atoms with Crippen LogP contribution in [0.2, 0.25) is 0 Å². The molecule has 118 valence electrons. The van der Waals surface area contributed by atoms with E-state index in [1.807, 2.05) is 43.4 Å². The second kappa shape index (κ2) is 5.22. The van der Waals surface area contributed by atoms with E-state index in [1.54, 1.807) is 10.7 Å². The predicted molar refractivity (Wildman–Crippen MR) is 85.0 cm³/mol. The van der Waals surface area contributed by atoms with E-state index in [1.165, 1.54) is 0 Å². The second-order valence-corrected chi connectivity index (χ2v) is 6.05. The van der Waals surface area contributed by atoms with Gasteiger partial charge in [-0.3, -0.25) is 9.48 Å². The first-order valence-electron chi connectivity index (χ1n) is 7.78. The van der Waals surface area contributed by atoms with Crippen molar-refractivity contribution >= 4 is 17.0 Å². The molecule has 0 bridgehead atoms. The van der Waals surface area contributed by atoms with Gasteiger partial charge in [0.1, 0.15) is 5.52 Å². The number of rotatable bonds is 2. The number of aromatic nitrogens is 3. The number of carbonyl (C=O) groups excluding carboxylic acids is 1. The largest absolute Gasteiger partial charge is 0.449 e. The average Bonchev–Trinajstić information content (AvgIpc) is 3.23. The van der Waals surface area contributed by atoms with Gasteiger partial charge in [0.2, 0.25) is 0 Å². The van der Waals surface area contributed by atoms with Crippen molar-refractivity contribution in [3.8, 4) is 0 Å². The molecule has 1 fully saturated rings. The monoisotopic (exact) mass is 310 g/mol. The molecule has 0 N–H and O–H groups in total. The molecule has 1 unspecified atom stereocenters. The standard InChI is InChI=1S/C17H18N4O2/c1-11-5-6-15-13(19-11)8-16(23-15)17(22)21-7-3-4-14(21)12-9-18-20(2)10-12/h5-6,8-10,14H,3-4,7H2,1-2H3. The first kappa shape index (κ1) is 14.0. The van der Waals surface area contributed by atoms with Crippen LogP contribution in [0.15, 0.2) is 35.0 Å². The normalized spacial score (nSPS) is 18.0. The summed E-state index contributed by atoms with van der Waals surface area (Å²) in [6, 6.07) is 5.55. The lowest BCUT2D eigenvalue weighted by Gasteiger charge is -2.22. The fourth-order valence-corrected chi connectivity index (χ4v) is 3.24. The first-order valence-corrected chi connectivity index (χ1v) is 7.78. The van der Waals surface area contributed by atoms with Crippen molar-refractivity contribution in [2.75, 3.05) is 6.54 Å². The van der Waals surface area contributed by atoms with Crippen LogP contribution in [0, 0.1) is 6.92 Å². The fraction of sp³-hybridized carbons (Fsp3) is 0.353. The Balaban J connectivity index is 1.66. The molecule has 1 atom stereocenters. The summed E-state index contributed by atoms with van der Waals surface area (Å²) in [5, 5.41) is 4.22. The predicted octanol–water partition coefficient (Wildman–Crippen LogP) is 2.85. The van der Waals surface area contributed by atoms with Gasteiger partial charge in [-0.15, -0.1) is 0 Å². The number of likely N-dealkylation sites (tertiary alicyclic amines) is 1. The van der Waals surface area contributed by atoms with Gasteiger partial charge in [-0.05, 0) is 31.9 Å². The highest BCUT2D eigenvalue weighted by Crippen LogP contribution is 2.33. The number of pyridine rings is 1. The van der Waals surface area contributed by atoms with Gasteiger partial charge >= 0.3 is 0 Å². The maximum atomic E-state index is 12.9. The van der Waals surface area contributed by atoms with Gasteiger partial charge in [-0.25, -0.2) is 4.98 Å². The van der Waals surface area contributed by atoms with E-state index < -0.39 is 0 Å². The molecule has 0 radical (unpaired) electrons. The molecule has 6 nitrogen and oxygen atoms in total. The van der Waals surface area contributed by atoms with Crippen molar-refractivity contribution in [3.63, 3.8) is 0 Å². The van der Waals surface area contributed by atoms with Crippen molar-refractivity contribution in [1.29, 1.82) is 0 Å². The van der Waals surface area contributed by atoms with Crippen LogP contribution in [-0.4, -0.2) is 32.1 Å². The molecule has 4 heterocycles. The molecular weight excluding hydrogens is 292 g/mol. The molecule has 23 heavy (non-hydrogen) atoms. The molecule has 0 spiro atoms. The third-order valence-corrected chi connectivity index (χ3v) is 4.35. The van der Waals surface area contributed by atoms with E-state index in [4.69, 9.17) is 4.42 Å². The van der Waals surface area contributed by atoms with E-state index >= 15 is 0 Å². The van der Waals surface area contributed by atoms with E-state index in [0.29, 0.717) is 11.3 Å². The summed E-state index contributed by atoms with van der Waals surface area (Å²) in [6.07, 6.45) is 5.75. The van der Waals surface area contributed by atoms with Crippen LogP contribution in [0.4, 0.5) is 0 Å². The molecule has 0 aromatic carbocycles. The van der Waals surface area contributed by atoms with E-state index in [2.05, 4.69) is 10.1 Å². The maximum absolute atomic E-state index is 12.9. The second-order valence-electron chi connectivity index (χ2n) is 6.05. The van der Waals surface area contributed by atoms with Gasteiger partial charge < -0.3 is 9.32 Å². The Labute approximate surface area is 133 Å². The lowest BCUT2D eigenvalue weighted by Crippen LogP contribution is -2.30. The maximum Gasteiger partial charge on any atom is 0.290 e. The van der Waals surface area contributed by atoms with E-state index in [-0.39, 0.29) is 11.9 Å². The van der Waals surface area contributed by atoms with Crippen molar-refractivity contribution in [1.82, 2.24) is 19.7 Å². The fourth-order valence-electron chi connectivity index (χ4n) is 3.24. The number of carbonyl (C=O) groups is 1. The number of fused-ring (bicyclic) bond motifs is 1. The van der Waals surface area contributed by atoms with E-state index in [0.717, 1.165) is 36.2 Å². The Morgan fingerprint density at radius 1 is 1.39 bits per heavy atom. The molecule has 0 saturated carbocycles. The van der Waals surface area contributed by atoms with Crippen LogP contribution in [-0.2, 0) is 7.05 Å². The van der Waals surface area contributed by atoms with Crippen molar-refractivity contribution in [3.05, 3.63) is 47.6 Å². The quantitative estimate of drug-likeness (QED) is 0.730. The van der Waals surface area contributed by atoms with Gasteiger partial charge in [0.25, 0.3) is 5.91 Å². The van der Waals surface area contributed by atoms with Gasteiger partial charge in [0, 0.05) is 37.1 Å². The highest BCUT2D eigenvalue weighted by molar-refractivity contribution is 5.95. The summed E-state index contributed by atoms with van der Waals surface area (Å²) in [7, 11) is 1.89. The van der Waals surface area contributed by atoms with Gasteiger partial charge in [-0.1, -0.05) is 0 Å². The van der Waals surface area contributed by atoms with Gasteiger partial charge in [0.05, 0.1) is 12.2 Å². The number of furan rings is 1. The molecule has 1 amide bonds. The van der Waals surface area contributed by atoms with Gasteiger partial charge in [-0.2, -0.15) is 5.10 Å². The Morgan fingerprint density at radius 3 is 3.04 bits per heavy atom. The van der Waals surface area contributed by atoms with Crippen LogP contribution in [0.25, 0.3) is 11.1 Å². The van der Waals surface area contributed by atoms with Crippen LogP contribution in [0.5, 0.6) is 0 Å². The Kier molecular flexibility index (Phi) is 3.18. The molecular formula is C17H18N4O2. The highest BCUT2D eigenvalue weighted by atomic mass is 16.3. The van der Waals surface area contributed by atoms with Crippen LogP contribution >= 0.6 is 0 Å². The number of hydrogen-bond donors (Lipinski definition) is 0. The smallest absolute Gasteiger partial charge is 0.290 e. The van der Waals surface area contributed by atoms with Crippen LogP contribution in [0.1, 0.15) is 40.7 Å². The molecule has 0 aliphatic carbocycles. The summed E-state index contributed by atoms with van der Waals surface area (Å²) in [6.45, 7) is 2.66. The Morgan fingerprint density at radius 2 is 2.26 bits per heavy atom. The minimum Gasteiger partial charge on any atom is -0.449 e. The SMILES string of the molecule is Cc1ccc2oc(C(=O)N3CCCC3c3cnn(C)c3)cc2n1. The zero-order chi connectivity index (χ0) is 16.0. The third kappa shape index (κ3) is 2.40. The third-order valence-electron chi connectivity index (χ3n) is 4.35. The van der Waals surface area contributed by atoms with Crippen molar-refractivity contribution in [2.45, 2.75) is 25.8 Å². The van der Waals surface area contributed by atoms with E-state index in [9.17, 15) is 4.79 Å². The summed E-state index contributed by atoms with van der Waals surface area (Å²) in [5.74, 6) is 0.279. The molecule has 3 aromatic rings. The lowest BCUT2D eigenvalue weighted by atomic mass is 10.1. The summed E-state index contributed by atoms with van der Waals surface area (Å²) < 4.78 is 7.48. The summed E-state index contributed by atoms with van der Waals surface area (Å²) in [5.41, 5.74) is 3.36. The molecule has 1 aliphatic heterocycles. The highest BCUT2D eigenvalue weighted by Gasteiger charge is 2.33. The van der Waals surface area contributed by atoms with Gasteiger partial charge in [0.15, 0.2) is 11.3 Å². The summed E-state index contributed by atoms with van der Waals surface area (Å²) >= 11 is 0. The minimum atomic E-state index is -0.0768. The molecule has 3 aromatic heterocycles. The Bertz CT molecular complexity index is 880. The van der Waals surface area contributed by atoms with Crippen molar-refractivity contribution < 1.29 is 9.21 Å². The zero-order valence-corrected chi connectivity index (χ0v) is 13.2. The molecule has 1 saturated heterocycles. The van der Waals surface area contributed by atoms with Crippen LogP contribution in [0.3, 0.4) is 0 Å². The van der Waals surface area contributed by atoms with Crippen molar-refractivity contribution in [2.24, 2.45) is 7.05 Å². The molecule has 6 heteroatoms.